The molecule has 0 aliphatic heterocycles. The lowest BCUT2D eigenvalue weighted by atomic mass is 10.4. The highest BCUT2D eigenvalue weighted by atomic mass is 32.2. The van der Waals surface area contributed by atoms with Crippen molar-refractivity contribution in [3.63, 3.8) is 0 Å². The molecule has 2 rings (SSSR count). The van der Waals surface area contributed by atoms with E-state index in [9.17, 15) is 12.8 Å². The monoisotopic (exact) mass is 258 g/mol. The Hall–Kier alpha value is -1.47. The van der Waals surface area contributed by atoms with E-state index in [0.29, 0.717) is 0 Å². The number of benzene rings is 1. The fraction of sp³-hybridized carbons (Fsp3) is 0. The first-order valence-corrected chi connectivity index (χ1v) is 6.62. The molecule has 0 bridgehead atoms. The minimum Gasteiger partial charge on any atom is -0.255 e. The van der Waals surface area contributed by atoms with Crippen molar-refractivity contribution >= 4 is 26.5 Å². The van der Waals surface area contributed by atoms with E-state index >= 15 is 0 Å². The lowest BCUT2D eigenvalue weighted by Gasteiger charge is -2.04. The molecule has 0 radical (unpaired) electrons. The Bertz CT molecular complexity index is 581. The van der Waals surface area contributed by atoms with Crippen LogP contribution in [0.3, 0.4) is 0 Å². The SMILES string of the molecule is O=S(=O)(Nc1nccs1)c1cccc(F)c1. The molecule has 16 heavy (non-hydrogen) atoms. The second kappa shape index (κ2) is 4.18. The lowest BCUT2D eigenvalue weighted by Crippen LogP contribution is -2.12. The lowest BCUT2D eigenvalue weighted by molar-refractivity contribution is 0.595. The van der Waals surface area contributed by atoms with Crippen molar-refractivity contribution in [3.8, 4) is 0 Å². The van der Waals surface area contributed by atoms with Crippen LogP contribution < -0.4 is 4.72 Å². The number of nitrogens with one attached hydrogen (secondary N) is 1. The summed E-state index contributed by atoms with van der Waals surface area (Å²) in [7, 11) is -3.75. The third-order valence-electron chi connectivity index (χ3n) is 1.76. The minimum atomic E-state index is -3.75. The second-order valence-electron chi connectivity index (χ2n) is 2.90. The summed E-state index contributed by atoms with van der Waals surface area (Å²) in [5, 5.41) is 1.90. The van der Waals surface area contributed by atoms with Gasteiger partial charge in [-0.05, 0) is 18.2 Å². The molecular formula is C9H7FN2O2S2. The maximum absolute atomic E-state index is 12.9. The molecule has 0 aliphatic carbocycles. The quantitative estimate of drug-likeness (QED) is 0.917. The number of nitrogens with zero attached hydrogens (tertiary/aromatic N) is 1. The smallest absolute Gasteiger partial charge is 0.255 e. The first-order chi connectivity index (χ1) is 7.58. The fourth-order valence-corrected chi connectivity index (χ4v) is 2.90. The molecule has 0 saturated carbocycles. The average molecular weight is 258 g/mol. The van der Waals surface area contributed by atoms with Crippen LogP contribution in [0, 0.1) is 5.82 Å². The Morgan fingerprint density at radius 2 is 2.19 bits per heavy atom. The van der Waals surface area contributed by atoms with Crippen molar-refractivity contribution in [2.45, 2.75) is 4.90 Å². The Balaban J connectivity index is 2.33. The molecule has 2 aromatic rings. The summed E-state index contributed by atoms with van der Waals surface area (Å²) in [5.74, 6) is -0.595. The second-order valence-corrected chi connectivity index (χ2v) is 5.48. The summed E-state index contributed by atoms with van der Waals surface area (Å²) < 4.78 is 38.6. The molecule has 0 unspecified atom stereocenters. The van der Waals surface area contributed by atoms with Gasteiger partial charge in [0.05, 0.1) is 4.90 Å². The van der Waals surface area contributed by atoms with Crippen LogP contribution >= 0.6 is 11.3 Å². The number of hydrogen-bond donors (Lipinski definition) is 1. The zero-order chi connectivity index (χ0) is 11.6. The zero-order valence-electron chi connectivity index (χ0n) is 7.92. The number of rotatable bonds is 3. The summed E-state index contributed by atoms with van der Waals surface area (Å²) in [5.41, 5.74) is 0. The fourth-order valence-electron chi connectivity index (χ4n) is 1.08. The largest absolute Gasteiger partial charge is 0.263 e. The van der Waals surface area contributed by atoms with Crippen molar-refractivity contribution < 1.29 is 12.8 Å². The summed E-state index contributed by atoms with van der Waals surface area (Å²) in [4.78, 5) is 3.66. The predicted octanol–water partition coefficient (Wildman–Crippen LogP) is 2.08. The van der Waals surface area contributed by atoms with Crippen molar-refractivity contribution in [3.05, 3.63) is 41.7 Å². The molecule has 0 aliphatic rings. The molecule has 1 aromatic carbocycles. The third kappa shape index (κ3) is 2.37. The molecule has 0 fully saturated rings. The predicted molar refractivity (Wildman–Crippen MR) is 59.3 cm³/mol. The van der Waals surface area contributed by atoms with Gasteiger partial charge in [0.2, 0.25) is 0 Å². The maximum Gasteiger partial charge on any atom is 0.263 e. The van der Waals surface area contributed by atoms with Crippen LogP contribution in [0.25, 0.3) is 0 Å². The van der Waals surface area contributed by atoms with E-state index in [1.165, 1.54) is 24.4 Å². The minimum absolute atomic E-state index is 0.122. The van der Waals surface area contributed by atoms with Crippen molar-refractivity contribution in [1.29, 1.82) is 0 Å². The number of thiazole rings is 1. The van der Waals surface area contributed by atoms with Crippen molar-refractivity contribution in [2.24, 2.45) is 0 Å². The number of hydrogen-bond acceptors (Lipinski definition) is 4. The Morgan fingerprint density at radius 3 is 2.81 bits per heavy atom. The maximum atomic E-state index is 12.9. The van der Waals surface area contributed by atoms with Crippen LogP contribution in [0.15, 0.2) is 40.7 Å². The highest BCUT2D eigenvalue weighted by Crippen LogP contribution is 2.18. The van der Waals surface area contributed by atoms with Gasteiger partial charge in [-0.15, -0.1) is 11.3 Å². The van der Waals surface area contributed by atoms with E-state index in [1.807, 2.05) is 0 Å². The van der Waals surface area contributed by atoms with Crippen LogP contribution in [-0.2, 0) is 10.0 Å². The van der Waals surface area contributed by atoms with Crippen LogP contribution in [0.4, 0.5) is 9.52 Å². The van der Waals surface area contributed by atoms with Crippen LogP contribution in [0.1, 0.15) is 0 Å². The van der Waals surface area contributed by atoms with Gasteiger partial charge < -0.3 is 0 Å². The molecule has 1 N–H and O–H groups in total. The summed E-state index contributed by atoms with van der Waals surface area (Å²) in [6, 6.07) is 4.79. The van der Waals surface area contributed by atoms with E-state index < -0.39 is 15.8 Å². The summed E-state index contributed by atoms with van der Waals surface area (Å²) >= 11 is 1.15. The van der Waals surface area contributed by atoms with Gasteiger partial charge in [-0.25, -0.2) is 17.8 Å². The van der Waals surface area contributed by atoms with Crippen molar-refractivity contribution in [1.82, 2.24) is 4.98 Å². The Kier molecular flexibility index (Phi) is 2.88. The standard InChI is InChI=1S/C9H7FN2O2S2/c10-7-2-1-3-8(6-7)16(13,14)12-9-11-4-5-15-9/h1-6H,(H,11,12). The van der Waals surface area contributed by atoms with Crippen LogP contribution in [0.2, 0.25) is 0 Å². The Morgan fingerprint density at radius 1 is 1.38 bits per heavy atom. The molecule has 0 saturated heterocycles. The highest BCUT2D eigenvalue weighted by Gasteiger charge is 2.15. The van der Waals surface area contributed by atoms with Gasteiger partial charge in [0.1, 0.15) is 5.82 Å². The topological polar surface area (TPSA) is 59.1 Å². The van der Waals surface area contributed by atoms with Crippen LogP contribution in [0.5, 0.6) is 0 Å². The van der Waals surface area contributed by atoms with Crippen LogP contribution in [-0.4, -0.2) is 13.4 Å². The van der Waals surface area contributed by atoms with Gasteiger partial charge in [0, 0.05) is 11.6 Å². The molecule has 84 valence electrons. The molecule has 0 atom stereocenters. The van der Waals surface area contributed by atoms with E-state index in [1.54, 1.807) is 5.38 Å². The number of halogens is 1. The third-order valence-corrected chi connectivity index (χ3v) is 3.91. The molecular weight excluding hydrogens is 251 g/mol. The molecule has 0 spiro atoms. The average Bonchev–Trinajstić information content (AvgIpc) is 2.70. The van der Waals surface area contributed by atoms with E-state index in [4.69, 9.17) is 0 Å². The number of aromatic nitrogens is 1. The van der Waals surface area contributed by atoms with Gasteiger partial charge in [-0.2, -0.15) is 0 Å². The van der Waals surface area contributed by atoms with Gasteiger partial charge in [0.15, 0.2) is 5.13 Å². The van der Waals surface area contributed by atoms with Gasteiger partial charge >= 0.3 is 0 Å². The van der Waals surface area contributed by atoms with E-state index in [-0.39, 0.29) is 10.0 Å². The van der Waals surface area contributed by atoms with Gasteiger partial charge in [-0.3, -0.25) is 4.72 Å². The zero-order valence-corrected chi connectivity index (χ0v) is 9.56. The van der Waals surface area contributed by atoms with Gasteiger partial charge in [-0.1, -0.05) is 6.07 Å². The number of sulfonamides is 1. The molecule has 4 nitrogen and oxygen atoms in total. The molecule has 7 heteroatoms. The van der Waals surface area contributed by atoms with Crippen molar-refractivity contribution in [2.75, 3.05) is 4.72 Å². The first kappa shape index (κ1) is 11.0. The van der Waals surface area contributed by atoms with E-state index in [2.05, 4.69) is 9.71 Å². The first-order valence-electron chi connectivity index (χ1n) is 4.26. The number of anilines is 1. The molecule has 1 heterocycles. The Labute approximate surface area is 95.8 Å². The van der Waals surface area contributed by atoms with E-state index in [0.717, 1.165) is 17.4 Å². The summed E-state index contributed by atoms with van der Waals surface area (Å²) in [6.07, 6.45) is 1.48. The molecule has 1 aromatic heterocycles. The van der Waals surface area contributed by atoms with Gasteiger partial charge in [0.25, 0.3) is 10.0 Å². The normalized spacial score (nSPS) is 11.3. The molecule has 0 amide bonds. The summed E-state index contributed by atoms with van der Waals surface area (Å²) in [6.45, 7) is 0. The highest BCUT2D eigenvalue weighted by molar-refractivity contribution is 7.93.